The Kier molecular flexibility index (Phi) is 5.38. The van der Waals surface area contributed by atoms with Gasteiger partial charge >= 0.3 is 0 Å². The minimum atomic E-state index is -0.798. The molecule has 0 aliphatic rings. The average Bonchev–Trinajstić information content (AvgIpc) is 2.28. The van der Waals surface area contributed by atoms with Crippen LogP contribution in [-0.2, 0) is 9.47 Å². The molecule has 0 fully saturated rings. The maximum Gasteiger partial charge on any atom is 0.187 e. The highest BCUT2D eigenvalue weighted by Crippen LogP contribution is 2.22. The molecule has 1 rings (SSSR count). The van der Waals surface area contributed by atoms with E-state index in [1.54, 1.807) is 12.4 Å². The molecule has 4 nitrogen and oxygen atoms in total. The molecule has 1 N–H and O–H groups in total. The molecule has 16 heavy (non-hydrogen) atoms. The zero-order valence-electron chi connectivity index (χ0n) is 10.0. The van der Waals surface area contributed by atoms with Crippen molar-refractivity contribution >= 4 is 0 Å². The third kappa shape index (κ3) is 3.27. The number of aliphatic hydroxyl groups is 1. The van der Waals surface area contributed by atoms with E-state index in [0.717, 1.165) is 11.1 Å². The first-order chi connectivity index (χ1) is 7.70. The van der Waals surface area contributed by atoms with Gasteiger partial charge in [0.05, 0.1) is 0 Å². The second-order valence-corrected chi connectivity index (χ2v) is 3.46. The van der Waals surface area contributed by atoms with Gasteiger partial charge in [0.25, 0.3) is 0 Å². The van der Waals surface area contributed by atoms with Crippen molar-refractivity contribution in [3.05, 3.63) is 29.6 Å². The normalized spacial score (nSPS) is 13.1. The van der Waals surface area contributed by atoms with Crippen molar-refractivity contribution in [3.63, 3.8) is 0 Å². The van der Waals surface area contributed by atoms with Crippen molar-refractivity contribution < 1.29 is 14.6 Å². The number of nitrogens with zero attached hydrogens (tertiary/aromatic N) is 1. The predicted molar refractivity (Wildman–Crippen MR) is 61.0 cm³/mol. The second-order valence-electron chi connectivity index (χ2n) is 3.46. The fourth-order valence-electron chi connectivity index (χ4n) is 1.49. The Morgan fingerprint density at radius 1 is 1.31 bits per heavy atom. The Hall–Kier alpha value is -0.970. The highest BCUT2D eigenvalue weighted by Gasteiger charge is 2.23. The van der Waals surface area contributed by atoms with Crippen molar-refractivity contribution in [2.24, 2.45) is 0 Å². The zero-order chi connectivity index (χ0) is 12.0. The molecule has 0 aromatic carbocycles. The van der Waals surface area contributed by atoms with Gasteiger partial charge in [-0.1, -0.05) is 0 Å². The lowest BCUT2D eigenvalue weighted by Gasteiger charge is -2.23. The number of ether oxygens (including phenoxy) is 2. The third-order valence-electron chi connectivity index (χ3n) is 2.32. The summed E-state index contributed by atoms with van der Waals surface area (Å²) in [7, 11) is 0. The van der Waals surface area contributed by atoms with Gasteiger partial charge in [-0.05, 0) is 32.4 Å². The molecule has 0 saturated carbocycles. The molecule has 0 radical (unpaired) electrons. The molecule has 0 saturated heterocycles. The third-order valence-corrected chi connectivity index (χ3v) is 2.32. The molecule has 0 spiro atoms. The smallest absolute Gasteiger partial charge is 0.187 e. The SMILES string of the molecule is CCOC(OCC)C(O)c1cnccc1C. The minimum Gasteiger partial charge on any atom is -0.383 e. The van der Waals surface area contributed by atoms with Crippen molar-refractivity contribution in [2.45, 2.75) is 33.2 Å². The summed E-state index contributed by atoms with van der Waals surface area (Å²) in [6.45, 7) is 6.67. The number of aliphatic hydroxyl groups excluding tert-OH is 1. The molecular weight excluding hydrogens is 206 g/mol. The van der Waals surface area contributed by atoms with Gasteiger partial charge in [0, 0.05) is 31.2 Å². The van der Waals surface area contributed by atoms with Crippen LogP contribution in [0.1, 0.15) is 31.1 Å². The van der Waals surface area contributed by atoms with Crippen LogP contribution in [0, 0.1) is 6.92 Å². The molecule has 90 valence electrons. The summed E-state index contributed by atoms with van der Waals surface area (Å²) in [5.74, 6) is 0. The van der Waals surface area contributed by atoms with Gasteiger partial charge in [-0.15, -0.1) is 0 Å². The number of aromatic nitrogens is 1. The molecule has 1 aromatic heterocycles. The average molecular weight is 225 g/mol. The predicted octanol–water partition coefficient (Wildman–Crippen LogP) is 1.82. The van der Waals surface area contributed by atoms with E-state index in [9.17, 15) is 5.11 Å². The van der Waals surface area contributed by atoms with Gasteiger partial charge in [0.2, 0.25) is 0 Å². The van der Waals surface area contributed by atoms with Crippen molar-refractivity contribution in [2.75, 3.05) is 13.2 Å². The first-order valence-corrected chi connectivity index (χ1v) is 5.52. The van der Waals surface area contributed by atoms with Crippen LogP contribution in [0.15, 0.2) is 18.5 Å². The minimum absolute atomic E-state index is 0.501. The van der Waals surface area contributed by atoms with Gasteiger partial charge in [-0.25, -0.2) is 0 Å². The van der Waals surface area contributed by atoms with Crippen LogP contribution in [0.4, 0.5) is 0 Å². The standard InChI is InChI=1S/C12H19NO3/c1-4-15-12(16-5-2)11(14)10-8-13-7-6-9(10)3/h6-8,11-12,14H,4-5H2,1-3H3. The van der Waals surface area contributed by atoms with Crippen LogP contribution in [0.2, 0.25) is 0 Å². The number of hydrogen-bond acceptors (Lipinski definition) is 4. The van der Waals surface area contributed by atoms with Crippen LogP contribution < -0.4 is 0 Å². The molecular formula is C12H19NO3. The van der Waals surface area contributed by atoms with Crippen LogP contribution in [0.25, 0.3) is 0 Å². The second kappa shape index (κ2) is 6.58. The summed E-state index contributed by atoms with van der Waals surface area (Å²) in [5.41, 5.74) is 1.72. The van der Waals surface area contributed by atoms with Crippen LogP contribution in [-0.4, -0.2) is 29.6 Å². The lowest BCUT2D eigenvalue weighted by Crippen LogP contribution is -2.26. The van der Waals surface area contributed by atoms with E-state index in [1.165, 1.54) is 0 Å². The maximum absolute atomic E-state index is 10.1. The fraction of sp³-hybridized carbons (Fsp3) is 0.583. The topological polar surface area (TPSA) is 51.6 Å². The molecule has 0 amide bonds. The first-order valence-electron chi connectivity index (χ1n) is 5.52. The summed E-state index contributed by atoms with van der Waals surface area (Å²) >= 11 is 0. The molecule has 0 aliphatic carbocycles. The quantitative estimate of drug-likeness (QED) is 0.750. The fourth-order valence-corrected chi connectivity index (χ4v) is 1.49. The number of rotatable bonds is 6. The van der Waals surface area contributed by atoms with Crippen LogP contribution in [0.5, 0.6) is 0 Å². The Bertz CT molecular complexity index is 311. The molecule has 1 unspecified atom stereocenters. The lowest BCUT2D eigenvalue weighted by atomic mass is 10.1. The Morgan fingerprint density at radius 2 is 1.94 bits per heavy atom. The van der Waals surface area contributed by atoms with E-state index in [-0.39, 0.29) is 0 Å². The summed E-state index contributed by atoms with van der Waals surface area (Å²) in [4.78, 5) is 4.00. The molecule has 4 heteroatoms. The molecule has 1 heterocycles. The monoisotopic (exact) mass is 225 g/mol. The summed E-state index contributed by atoms with van der Waals surface area (Å²) in [5, 5.41) is 10.1. The van der Waals surface area contributed by atoms with E-state index in [0.29, 0.717) is 13.2 Å². The Balaban J connectivity index is 2.81. The highest BCUT2D eigenvalue weighted by molar-refractivity contribution is 5.24. The Labute approximate surface area is 96.2 Å². The molecule has 1 atom stereocenters. The zero-order valence-corrected chi connectivity index (χ0v) is 10.0. The van der Waals surface area contributed by atoms with E-state index in [4.69, 9.17) is 9.47 Å². The Morgan fingerprint density at radius 3 is 2.44 bits per heavy atom. The van der Waals surface area contributed by atoms with Gasteiger partial charge in [0.15, 0.2) is 6.29 Å². The van der Waals surface area contributed by atoms with Gasteiger partial charge in [0.1, 0.15) is 6.10 Å². The molecule has 0 bridgehead atoms. The molecule has 1 aromatic rings. The number of aryl methyl sites for hydroxylation is 1. The van der Waals surface area contributed by atoms with Gasteiger partial charge in [-0.3, -0.25) is 4.98 Å². The largest absolute Gasteiger partial charge is 0.383 e. The van der Waals surface area contributed by atoms with Gasteiger partial charge in [-0.2, -0.15) is 0 Å². The summed E-state index contributed by atoms with van der Waals surface area (Å²) in [6.07, 6.45) is 1.92. The summed E-state index contributed by atoms with van der Waals surface area (Å²) < 4.78 is 10.7. The van der Waals surface area contributed by atoms with Gasteiger partial charge < -0.3 is 14.6 Å². The lowest BCUT2D eigenvalue weighted by molar-refractivity contribution is -0.191. The van der Waals surface area contributed by atoms with Crippen LogP contribution in [0.3, 0.4) is 0 Å². The van der Waals surface area contributed by atoms with E-state index < -0.39 is 12.4 Å². The number of pyridine rings is 1. The van der Waals surface area contributed by atoms with Crippen molar-refractivity contribution in [1.29, 1.82) is 0 Å². The molecule has 0 aliphatic heterocycles. The van der Waals surface area contributed by atoms with E-state index in [1.807, 2.05) is 26.8 Å². The van der Waals surface area contributed by atoms with E-state index in [2.05, 4.69) is 4.98 Å². The first kappa shape index (κ1) is 13.1. The maximum atomic E-state index is 10.1. The summed E-state index contributed by atoms with van der Waals surface area (Å²) in [6, 6.07) is 1.85. The number of hydrogen-bond donors (Lipinski definition) is 1. The van der Waals surface area contributed by atoms with Crippen LogP contribution >= 0.6 is 0 Å². The van der Waals surface area contributed by atoms with Crippen molar-refractivity contribution in [3.8, 4) is 0 Å². The van der Waals surface area contributed by atoms with Crippen molar-refractivity contribution in [1.82, 2.24) is 4.98 Å². The highest BCUT2D eigenvalue weighted by atomic mass is 16.7. The van der Waals surface area contributed by atoms with E-state index >= 15 is 0 Å².